The standard InChI is InChI=1S/C45H71NO5/c1-32(2)15-12-18-35(7)23-26-49-41-29-38(31-46-44(47)39-21-10-11-22-40(39)45(46)48)30-42(50-27-24-36(8)19-13-16-33(3)4)43(41)51-28-25-37(9)20-14-17-34(5)6/h10-11,21-22,29-30,32-37H,12-20,23-28,31H2,1-9H3/t35-,36-,37-/m1/s1. The van der Waals surface area contributed by atoms with E-state index in [1.807, 2.05) is 12.1 Å². The first-order chi connectivity index (χ1) is 24.3. The molecule has 0 aromatic heterocycles. The molecule has 6 nitrogen and oxygen atoms in total. The molecular weight excluding hydrogens is 634 g/mol. The molecule has 3 rings (SSSR count). The van der Waals surface area contributed by atoms with E-state index in [0.29, 0.717) is 65.9 Å². The van der Waals surface area contributed by atoms with Gasteiger partial charge in [-0.25, -0.2) is 0 Å². The Balaban J connectivity index is 1.84. The monoisotopic (exact) mass is 706 g/mol. The van der Waals surface area contributed by atoms with Gasteiger partial charge in [0.1, 0.15) is 0 Å². The number of ether oxygens (including phenoxy) is 3. The van der Waals surface area contributed by atoms with Crippen molar-refractivity contribution < 1.29 is 23.8 Å². The molecule has 6 heteroatoms. The minimum Gasteiger partial charge on any atom is -0.490 e. The van der Waals surface area contributed by atoms with E-state index in [-0.39, 0.29) is 18.4 Å². The summed E-state index contributed by atoms with van der Waals surface area (Å²) in [5.74, 6) is 5.19. The Labute approximate surface area is 311 Å². The summed E-state index contributed by atoms with van der Waals surface area (Å²) < 4.78 is 19.7. The Morgan fingerprint density at radius 3 is 1.25 bits per heavy atom. The van der Waals surface area contributed by atoms with E-state index < -0.39 is 0 Å². The van der Waals surface area contributed by atoms with E-state index in [4.69, 9.17) is 14.2 Å². The first-order valence-electron chi connectivity index (χ1n) is 20.4. The Morgan fingerprint density at radius 2 is 0.882 bits per heavy atom. The van der Waals surface area contributed by atoms with Gasteiger partial charge in [0.05, 0.1) is 37.5 Å². The van der Waals surface area contributed by atoms with Crippen molar-refractivity contribution in [1.82, 2.24) is 4.90 Å². The smallest absolute Gasteiger partial charge is 0.261 e. The second kappa shape index (κ2) is 22.1. The number of fused-ring (bicyclic) bond motifs is 1. The van der Waals surface area contributed by atoms with Crippen LogP contribution in [-0.4, -0.2) is 36.5 Å². The first-order valence-corrected chi connectivity index (χ1v) is 20.4. The average molecular weight is 706 g/mol. The van der Waals surface area contributed by atoms with Crippen molar-refractivity contribution in [3.63, 3.8) is 0 Å². The van der Waals surface area contributed by atoms with Crippen molar-refractivity contribution in [2.24, 2.45) is 35.5 Å². The van der Waals surface area contributed by atoms with Gasteiger partial charge in [0.25, 0.3) is 11.8 Å². The number of hydrogen-bond donors (Lipinski definition) is 0. The number of nitrogens with zero attached hydrogens (tertiary/aromatic N) is 1. The summed E-state index contributed by atoms with van der Waals surface area (Å²) in [6.07, 6.45) is 13.8. The molecule has 0 saturated heterocycles. The highest BCUT2D eigenvalue weighted by Crippen LogP contribution is 2.41. The first kappa shape index (κ1) is 42.4. The number of benzene rings is 2. The SMILES string of the molecule is CC(C)CCC[C@@H](C)CCOc1cc(CN2C(=O)c3ccccc3C2=O)cc(OCC[C@H](C)CCCC(C)C)c1OCC[C@H](C)CCCC(C)C. The number of hydrogen-bond acceptors (Lipinski definition) is 5. The van der Waals surface area contributed by atoms with Crippen LogP contribution in [0.3, 0.4) is 0 Å². The molecule has 0 radical (unpaired) electrons. The summed E-state index contributed by atoms with van der Waals surface area (Å²) in [7, 11) is 0. The van der Waals surface area contributed by atoms with Gasteiger partial charge in [0, 0.05) is 0 Å². The van der Waals surface area contributed by atoms with E-state index in [2.05, 4.69) is 62.3 Å². The van der Waals surface area contributed by atoms with Gasteiger partial charge in [0.2, 0.25) is 5.75 Å². The highest BCUT2D eigenvalue weighted by atomic mass is 16.5. The molecule has 1 aliphatic heterocycles. The molecule has 2 amide bonds. The van der Waals surface area contributed by atoms with E-state index in [0.717, 1.165) is 42.6 Å². The van der Waals surface area contributed by atoms with E-state index in [1.54, 1.807) is 24.3 Å². The lowest BCUT2D eigenvalue weighted by Gasteiger charge is -2.22. The topological polar surface area (TPSA) is 65.1 Å². The summed E-state index contributed by atoms with van der Waals surface area (Å²) in [6.45, 7) is 22.5. The number of carbonyl (C=O) groups excluding carboxylic acids is 2. The fraction of sp³-hybridized carbons (Fsp3) is 0.689. The van der Waals surface area contributed by atoms with Gasteiger partial charge in [-0.3, -0.25) is 14.5 Å². The molecule has 0 bridgehead atoms. The number of carbonyl (C=O) groups is 2. The Bertz CT molecular complexity index is 1250. The number of rotatable bonds is 26. The maximum absolute atomic E-state index is 13.3. The summed E-state index contributed by atoms with van der Waals surface area (Å²) in [5.41, 5.74) is 1.70. The zero-order chi connectivity index (χ0) is 37.3. The second-order valence-electron chi connectivity index (χ2n) is 16.9. The van der Waals surface area contributed by atoms with Gasteiger partial charge in [-0.15, -0.1) is 0 Å². The minimum atomic E-state index is -0.266. The lowest BCUT2D eigenvalue weighted by Crippen LogP contribution is -2.29. The molecule has 0 N–H and O–H groups in total. The Hall–Kier alpha value is -3.02. The molecule has 1 heterocycles. The molecule has 0 saturated carbocycles. The molecule has 51 heavy (non-hydrogen) atoms. The lowest BCUT2D eigenvalue weighted by atomic mass is 9.97. The Kier molecular flexibility index (Phi) is 18.4. The molecule has 0 spiro atoms. The van der Waals surface area contributed by atoms with Crippen LogP contribution in [0.25, 0.3) is 0 Å². The van der Waals surface area contributed by atoms with Gasteiger partial charge in [0.15, 0.2) is 11.5 Å². The summed E-state index contributed by atoms with van der Waals surface area (Å²) in [5, 5.41) is 0. The molecular formula is C45H71NO5. The van der Waals surface area contributed by atoms with Gasteiger partial charge in [-0.1, -0.05) is 132 Å². The molecule has 0 aliphatic carbocycles. The largest absolute Gasteiger partial charge is 0.490 e. The maximum atomic E-state index is 13.3. The average Bonchev–Trinajstić information content (AvgIpc) is 3.30. The highest BCUT2D eigenvalue weighted by molar-refractivity contribution is 6.21. The maximum Gasteiger partial charge on any atom is 0.261 e. The van der Waals surface area contributed by atoms with Crippen LogP contribution in [0.1, 0.15) is 166 Å². The summed E-state index contributed by atoms with van der Waals surface area (Å²) >= 11 is 0. The molecule has 286 valence electrons. The van der Waals surface area contributed by atoms with Crippen molar-refractivity contribution in [2.45, 2.75) is 146 Å². The molecule has 0 unspecified atom stereocenters. The third kappa shape index (κ3) is 14.9. The van der Waals surface area contributed by atoms with Gasteiger partial charge in [-0.2, -0.15) is 0 Å². The van der Waals surface area contributed by atoms with Crippen molar-refractivity contribution in [3.05, 3.63) is 53.1 Å². The third-order valence-electron chi connectivity index (χ3n) is 10.3. The number of imide groups is 1. The van der Waals surface area contributed by atoms with E-state index in [9.17, 15) is 9.59 Å². The minimum absolute atomic E-state index is 0.142. The lowest BCUT2D eigenvalue weighted by molar-refractivity contribution is 0.0641. The van der Waals surface area contributed by atoms with E-state index in [1.165, 1.54) is 62.7 Å². The van der Waals surface area contributed by atoms with Gasteiger partial charge < -0.3 is 14.2 Å². The Morgan fingerprint density at radius 1 is 0.510 bits per heavy atom. The second-order valence-corrected chi connectivity index (χ2v) is 16.9. The molecule has 2 aromatic rings. The van der Waals surface area contributed by atoms with Crippen LogP contribution >= 0.6 is 0 Å². The quantitative estimate of drug-likeness (QED) is 0.0912. The third-order valence-corrected chi connectivity index (χ3v) is 10.3. The van der Waals surface area contributed by atoms with Crippen LogP contribution in [0.15, 0.2) is 36.4 Å². The molecule has 3 atom stereocenters. The summed E-state index contributed by atoms with van der Waals surface area (Å²) in [4.78, 5) is 28.0. The highest BCUT2D eigenvalue weighted by Gasteiger charge is 2.35. The fourth-order valence-electron chi connectivity index (χ4n) is 6.80. The molecule has 2 aromatic carbocycles. The van der Waals surface area contributed by atoms with Crippen LogP contribution < -0.4 is 14.2 Å². The van der Waals surface area contributed by atoms with Crippen LogP contribution in [-0.2, 0) is 6.54 Å². The molecule has 1 aliphatic rings. The zero-order valence-corrected chi connectivity index (χ0v) is 33.7. The predicted molar refractivity (Wildman–Crippen MR) is 211 cm³/mol. The van der Waals surface area contributed by atoms with Crippen molar-refractivity contribution in [2.75, 3.05) is 19.8 Å². The van der Waals surface area contributed by atoms with Crippen LogP contribution in [0, 0.1) is 35.5 Å². The van der Waals surface area contributed by atoms with Crippen LogP contribution in [0.2, 0.25) is 0 Å². The van der Waals surface area contributed by atoms with Crippen LogP contribution in [0.5, 0.6) is 17.2 Å². The van der Waals surface area contributed by atoms with Crippen molar-refractivity contribution in [3.8, 4) is 17.2 Å². The van der Waals surface area contributed by atoms with Gasteiger partial charge in [-0.05, 0) is 84.6 Å². The van der Waals surface area contributed by atoms with Crippen LogP contribution in [0.4, 0.5) is 0 Å². The van der Waals surface area contributed by atoms with Gasteiger partial charge >= 0.3 is 0 Å². The van der Waals surface area contributed by atoms with Crippen molar-refractivity contribution >= 4 is 11.8 Å². The fourth-order valence-corrected chi connectivity index (χ4v) is 6.80. The normalized spacial score (nSPS) is 14.8. The van der Waals surface area contributed by atoms with Crippen molar-refractivity contribution in [1.29, 1.82) is 0 Å². The summed E-state index contributed by atoms with van der Waals surface area (Å²) in [6, 6.07) is 11.0. The van der Waals surface area contributed by atoms with E-state index >= 15 is 0 Å². The predicted octanol–water partition coefficient (Wildman–Crippen LogP) is 12.2. The number of amides is 2. The zero-order valence-electron chi connectivity index (χ0n) is 33.7. The molecule has 0 fully saturated rings.